The molecular formula is C14H14Cl2O. The SMILES string of the molecule is O=C(Cc1ccc(Cl)c(Cl)c1)C1=CCCCC1. The zero-order chi connectivity index (χ0) is 12.3. The first-order chi connectivity index (χ1) is 8.16. The highest BCUT2D eigenvalue weighted by atomic mass is 35.5. The van der Waals surface area contributed by atoms with Gasteiger partial charge in [-0.25, -0.2) is 0 Å². The standard InChI is InChI=1S/C14H14Cl2O/c15-12-7-6-10(8-13(12)16)9-14(17)11-4-2-1-3-5-11/h4,6-8H,1-3,5,9H2. The minimum atomic E-state index is 0.211. The van der Waals surface area contributed by atoms with Crippen molar-refractivity contribution >= 4 is 29.0 Å². The van der Waals surface area contributed by atoms with Crippen molar-refractivity contribution in [3.63, 3.8) is 0 Å². The fourth-order valence-electron chi connectivity index (χ4n) is 2.04. The lowest BCUT2D eigenvalue weighted by molar-refractivity contribution is -0.115. The molecule has 2 rings (SSSR count). The number of allylic oxidation sites excluding steroid dienone is 2. The van der Waals surface area contributed by atoms with Crippen molar-refractivity contribution in [3.8, 4) is 0 Å². The number of halogens is 2. The molecule has 0 amide bonds. The molecule has 0 fully saturated rings. The largest absolute Gasteiger partial charge is 0.294 e. The van der Waals surface area contributed by atoms with Gasteiger partial charge >= 0.3 is 0 Å². The van der Waals surface area contributed by atoms with Crippen LogP contribution >= 0.6 is 23.2 Å². The maximum absolute atomic E-state index is 12.0. The van der Waals surface area contributed by atoms with E-state index in [0.717, 1.165) is 30.4 Å². The van der Waals surface area contributed by atoms with E-state index >= 15 is 0 Å². The van der Waals surface area contributed by atoms with E-state index in [2.05, 4.69) is 6.08 Å². The molecule has 0 saturated carbocycles. The molecule has 17 heavy (non-hydrogen) atoms. The topological polar surface area (TPSA) is 17.1 Å². The Hall–Kier alpha value is -0.790. The van der Waals surface area contributed by atoms with Crippen molar-refractivity contribution in [2.75, 3.05) is 0 Å². The number of carbonyl (C=O) groups is 1. The normalized spacial score (nSPS) is 15.5. The Labute approximate surface area is 111 Å². The fourth-order valence-corrected chi connectivity index (χ4v) is 2.36. The molecule has 0 N–H and O–H groups in total. The summed E-state index contributed by atoms with van der Waals surface area (Å²) in [5.74, 6) is 0.211. The Kier molecular flexibility index (Phi) is 4.25. The molecule has 0 aliphatic heterocycles. The van der Waals surface area contributed by atoms with Gasteiger partial charge in [0.05, 0.1) is 10.0 Å². The third-order valence-corrected chi connectivity index (χ3v) is 3.74. The van der Waals surface area contributed by atoms with E-state index in [-0.39, 0.29) is 5.78 Å². The summed E-state index contributed by atoms with van der Waals surface area (Å²) in [5.41, 5.74) is 1.90. The van der Waals surface area contributed by atoms with Crippen molar-refractivity contribution < 1.29 is 4.79 Å². The van der Waals surface area contributed by atoms with Crippen LogP contribution in [0.1, 0.15) is 31.2 Å². The van der Waals surface area contributed by atoms with Crippen LogP contribution < -0.4 is 0 Å². The fraction of sp³-hybridized carbons (Fsp3) is 0.357. The van der Waals surface area contributed by atoms with Gasteiger partial charge in [-0.05, 0) is 49.0 Å². The van der Waals surface area contributed by atoms with Gasteiger partial charge in [0.25, 0.3) is 0 Å². The second-order valence-electron chi connectivity index (χ2n) is 4.32. The summed E-state index contributed by atoms with van der Waals surface area (Å²) in [7, 11) is 0. The van der Waals surface area contributed by atoms with Crippen molar-refractivity contribution in [1.29, 1.82) is 0 Å². The second-order valence-corrected chi connectivity index (χ2v) is 5.14. The van der Waals surface area contributed by atoms with Gasteiger partial charge in [-0.15, -0.1) is 0 Å². The zero-order valence-corrected chi connectivity index (χ0v) is 11.0. The van der Waals surface area contributed by atoms with Gasteiger partial charge in [-0.2, -0.15) is 0 Å². The molecule has 0 atom stereocenters. The van der Waals surface area contributed by atoms with Crippen molar-refractivity contribution in [2.24, 2.45) is 0 Å². The summed E-state index contributed by atoms with van der Waals surface area (Å²) < 4.78 is 0. The summed E-state index contributed by atoms with van der Waals surface area (Å²) in [5, 5.41) is 1.04. The van der Waals surface area contributed by atoms with E-state index in [1.807, 2.05) is 6.07 Å². The van der Waals surface area contributed by atoms with Gasteiger partial charge in [0.15, 0.2) is 5.78 Å². The minimum Gasteiger partial charge on any atom is -0.294 e. The molecule has 1 aliphatic carbocycles. The predicted octanol–water partition coefficient (Wildman–Crippen LogP) is 4.61. The van der Waals surface area contributed by atoms with E-state index < -0.39 is 0 Å². The van der Waals surface area contributed by atoms with Gasteiger partial charge in [0.1, 0.15) is 0 Å². The van der Waals surface area contributed by atoms with Crippen LogP contribution in [-0.2, 0) is 11.2 Å². The highest BCUT2D eigenvalue weighted by Crippen LogP contribution is 2.24. The molecule has 0 unspecified atom stereocenters. The Morgan fingerprint density at radius 2 is 2.00 bits per heavy atom. The summed E-state index contributed by atoms with van der Waals surface area (Å²) in [4.78, 5) is 12.0. The van der Waals surface area contributed by atoms with E-state index in [1.165, 1.54) is 6.42 Å². The maximum atomic E-state index is 12.0. The highest BCUT2D eigenvalue weighted by molar-refractivity contribution is 6.42. The molecule has 0 radical (unpaired) electrons. The summed E-state index contributed by atoms with van der Waals surface area (Å²) >= 11 is 11.8. The number of hydrogen-bond donors (Lipinski definition) is 0. The molecule has 1 aromatic carbocycles. The van der Waals surface area contributed by atoms with Gasteiger partial charge in [-0.3, -0.25) is 4.79 Å². The van der Waals surface area contributed by atoms with Gasteiger partial charge in [0.2, 0.25) is 0 Å². The average Bonchev–Trinajstić information content (AvgIpc) is 2.35. The molecule has 90 valence electrons. The third kappa shape index (κ3) is 3.34. The summed E-state index contributed by atoms with van der Waals surface area (Å²) in [6.45, 7) is 0. The third-order valence-electron chi connectivity index (χ3n) is 3.00. The van der Waals surface area contributed by atoms with Gasteiger partial charge in [0, 0.05) is 6.42 Å². The Morgan fingerprint density at radius 1 is 1.18 bits per heavy atom. The van der Waals surface area contributed by atoms with Crippen LogP contribution in [0, 0.1) is 0 Å². The minimum absolute atomic E-state index is 0.211. The number of carbonyl (C=O) groups excluding carboxylic acids is 1. The first-order valence-electron chi connectivity index (χ1n) is 5.83. The first-order valence-corrected chi connectivity index (χ1v) is 6.58. The average molecular weight is 269 g/mol. The maximum Gasteiger partial charge on any atom is 0.162 e. The van der Waals surface area contributed by atoms with E-state index in [0.29, 0.717) is 16.5 Å². The van der Waals surface area contributed by atoms with E-state index in [1.54, 1.807) is 12.1 Å². The molecular weight excluding hydrogens is 255 g/mol. The smallest absolute Gasteiger partial charge is 0.162 e. The monoisotopic (exact) mass is 268 g/mol. The van der Waals surface area contributed by atoms with Crippen LogP contribution in [0.15, 0.2) is 29.8 Å². The molecule has 1 aromatic rings. The summed E-state index contributed by atoms with van der Waals surface area (Å²) in [6, 6.07) is 5.36. The van der Waals surface area contributed by atoms with E-state index in [9.17, 15) is 4.79 Å². The number of hydrogen-bond acceptors (Lipinski definition) is 1. The molecule has 0 saturated heterocycles. The van der Waals surface area contributed by atoms with Gasteiger partial charge in [-0.1, -0.05) is 35.3 Å². The Bertz CT molecular complexity index is 463. The first kappa shape index (κ1) is 12.7. The lowest BCUT2D eigenvalue weighted by Gasteiger charge is -2.11. The number of rotatable bonds is 3. The Balaban J connectivity index is 2.07. The number of ketones is 1. The van der Waals surface area contributed by atoms with Crippen LogP contribution in [0.25, 0.3) is 0 Å². The molecule has 0 aromatic heterocycles. The quantitative estimate of drug-likeness (QED) is 0.783. The van der Waals surface area contributed by atoms with Crippen molar-refractivity contribution in [3.05, 3.63) is 45.5 Å². The predicted molar refractivity (Wildman–Crippen MR) is 71.7 cm³/mol. The zero-order valence-electron chi connectivity index (χ0n) is 9.51. The van der Waals surface area contributed by atoms with Gasteiger partial charge < -0.3 is 0 Å². The molecule has 3 heteroatoms. The van der Waals surface area contributed by atoms with Crippen LogP contribution in [0.4, 0.5) is 0 Å². The van der Waals surface area contributed by atoms with Crippen LogP contribution in [0.2, 0.25) is 10.0 Å². The van der Waals surface area contributed by atoms with Crippen LogP contribution in [0.3, 0.4) is 0 Å². The van der Waals surface area contributed by atoms with Crippen molar-refractivity contribution in [1.82, 2.24) is 0 Å². The Morgan fingerprint density at radius 3 is 2.65 bits per heavy atom. The highest BCUT2D eigenvalue weighted by Gasteiger charge is 2.13. The molecule has 1 aliphatic rings. The number of benzene rings is 1. The second kappa shape index (κ2) is 5.70. The van der Waals surface area contributed by atoms with E-state index in [4.69, 9.17) is 23.2 Å². The molecule has 0 bridgehead atoms. The lowest BCUT2D eigenvalue weighted by atomic mass is 9.93. The van der Waals surface area contributed by atoms with Crippen LogP contribution in [0.5, 0.6) is 0 Å². The van der Waals surface area contributed by atoms with Crippen molar-refractivity contribution in [2.45, 2.75) is 32.1 Å². The summed E-state index contributed by atoms with van der Waals surface area (Å²) in [6.07, 6.45) is 6.76. The molecule has 1 nitrogen and oxygen atoms in total. The molecule has 0 spiro atoms. The lowest BCUT2D eigenvalue weighted by Crippen LogP contribution is -2.08. The number of Topliss-reactive ketones (excluding diaryl/α,β-unsaturated/α-hetero) is 1. The molecule has 0 heterocycles. The van der Waals surface area contributed by atoms with Crippen LogP contribution in [-0.4, -0.2) is 5.78 Å².